The van der Waals surface area contributed by atoms with Gasteiger partial charge in [0.05, 0.1) is 15.9 Å². The number of hydrogen-bond donors (Lipinski definition) is 1. The van der Waals surface area contributed by atoms with Crippen molar-refractivity contribution in [2.45, 2.75) is 45.1 Å². The average molecular weight is 447 g/mol. The number of likely N-dealkylation sites (tertiary alicyclic amines) is 1. The van der Waals surface area contributed by atoms with Crippen molar-refractivity contribution in [2.24, 2.45) is 5.73 Å². The summed E-state index contributed by atoms with van der Waals surface area (Å²) in [6, 6.07) is 14.3. The number of carbonyl (C=O) groups is 1. The normalized spacial score (nSPS) is 15.0. The molecule has 1 fully saturated rings. The molecule has 166 valence electrons. The van der Waals surface area contributed by atoms with E-state index in [1.807, 2.05) is 24.3 Å². The zero-order chi connectivity index (χ0) is 21.9. The predicted molar refractivity (Wildman–Crippen MR) is 132 cm³/mol. The Morgan fingerprint density at radius 2 is 1.84 bits per heavy atom. The van der Waals surface area contributed by atoms with Crippen molar-refractivity contribution in [1.29, 1.82) is 0 Å². The van der Waals surface area contributed by atoms with Crippen molar-refractivity contribution < 1.29 is 4.79 Å². The highest BCUT2D eigenvalue weighted by atomic mass is 32.1. The van der Waals surface area contributed by atoms with Crippen LogP contribution in [0.25, 0.3) is 26.4 Å². The van der Waals surface area contributed by atoms with Crippen LogP contribution in [0.15, 0.2) is 48.7 Å². The number of rotatable bonds is 8. The van der Waals surface area contributed by atoms with Gasteiger partial charge in [-0.2, -0.15) is 0 Å². The minimum atomic E-state index is 0.247. The molecule has 0 spiro atoms. The standard InChI is InChI=1S/C26H30N4OS/c27-17-19-7-9-20(10-8-19)22-18-30-23-12-11-21(16-25(23)32-26(30)28-22)24(31)6-2-5-15-29-13-3-1-4-14-29/h7-12,16,18H,1-6,13-15,17,27H2. The molecule has 0 bridgehead atoms. The number of hydrogen-bond acceptors (Lipinski definition) is 5. The molecule has 0 aliphatic carbocycles. The van der Waals surface area contributed by atoms with Crippen molar-refractivity contribution >= 4 is 32.3 Å². The van der Waals surface area contributed by atoms with Crippen molar-refractivity contribution in [3.05, 3.63) is 59.8 Å². The number of benzene rings is 2. The van der Waals surface area contributed by atoms with Crippen LogP contribution < -0.4 is 5.73 Å². The van der Waals surface area contributed by atoms with Gasteiger partial charge in [-0.3, -0.25) is 9.20 Å². The molecule has 1 saturated heterocycles. The predicted octanol–water partition coefficient (Wildman–Crippen LogP) is 5.51. The van der Waals surface area contributed by atoms with Gasteiger partial charge in [0.25, 0.3) is 0 Å². The van der Waals surface area contributed by atoms with Gasteiger partial charge in [0.15, 0.2) is 10.7 Å². The first-order chi connectivity index (χ1) is 15.7. The molecule has 5 nitrogen and oxygen atoms in total. The van der Waals surface area contributed by atoms with Gasteiger partial charge in [-0.1, -0.05) is 42.0 Å². The number of ketones is 1. The summed E-state index contributed by atoms with van der Waals surface area (Å²) in [5, 5.41) is 0. The fraction of sp³-hybridized carbons (Fsp3) is 0.385. The Bertz CT molecular complexity index is 1220. The van der Waals surface area contributed by atoms with Crippen molar-refractivity contribution in [3.8, 4) is 11.3 Å². The molecule has 2 N–H and O–H groups in total. The number of thiazole rings is 1. The van der Waals surface area contributed by atoms with E-state index in [0.29, 0.717) is 13.0 Å². The highest BCUT2D eigenvalue weighted by molar-refractivity contribution is 7.23. The first-order valence-electron chi connectivity index (χ1n) is 11.7. The molecule has 32 heavy (non-hydrogen) atoms. The summed E-state index contributed by atoms with van der Waals surface area (Å²) in [5.41, 5.74) is 10.8. The molecule has 0 atom stereocenters. The van der Waals surface area contributed by atoms with Crippen LogP contribution in [-0.4, -0.2) is 39.7 Å². The second-order valence-corrected chi connectivity index (χ2v) is 9.76. The van der Waals surface area contributed by atoms with E-state index < -0.39 is 0 Å². The lowest BCUT2D eigenvalue weighted by Crippen LogP contribution is -2.30. The van der Waals surface area contributed by atoms with E-state index >= 15 is 0 Å². The van der Waals surface area contributed by atoms with Crippen LogP contribution in [-0.2, 0) is 6.54 Å². The molecule has 4 aromatic rings. The van der Waals surface area contributed by atoms with Crippen molar-refractivity contribution in [1.82, 2.24) is 14.3 Å². The zero-order valence-corrected chi connectivity index (χ0v) is 19.2. The lowest BCUT2D eigenvalue weighted by molar-refractivity contribution is 0.0977. The molecule has 1 aliphatic rings. The van der Waals surface area contributed by atoms with E-state index in [4.69, 9.17) is 10.7 Å². The molecule has 6 heteroatoms. The van der Waals surface area contributed by atoms with E-state index in [1.165, 1.54) is 32.4 Å². The maximum atomic E-state index is 12.7. The van der Waals surface area contributed by atoms with Crippen molar-refractivity contribution in [3.63, 3.8) is 0 Å². The number of unbranched alkanes of at least 4 members (excludes halogenated alkanes) is 1. The van der Waals surface area contributed by atoms with E-state index in [1.54, 1.807) is 11.3 Å². The Morgan fingerprint density at radius 3 is 2.62 bits per heavy atom. The van der Waals surface area contributed by atoms with Crippen LogP contribution in [0, 0.1) is 0 Å². The number of carbonyl (C=O) groups excluding carboxylic acids is 1. The zero-order valence-electron chi connectivity index (χ0n) is 18.4. The van der Waals surface area contributed by atoms with Crippen LogP contribution in [0.1, 0.15) is 54.4 Å². The summed E-state index contributed by atoms with van der Waals surface area (Å²) >= 11 is 1.64. The first kappa shape index (κ1) is 21.3. The Morgan fingerprint density at radius 1 is 1.03 bits per heavy atom. The molecule has 5 rings (SSSR count). The molecule has 0 unspecified atom stereocenters. The summed E-state index contributed by atoms with van der Waals surface area (Å²) in [4.78, 5) is 21.1. The van der Waals surface area contributed by atoms with Gasteiger partial charge in [-0.15, -0.1) is 0 Å². The van der Waals surface area contributed by atoms with Crippen LogP contribution >= 0.6 is 11.3 Å². The topological polar surface area (TPSA) is 63.6 Å². The lowest BCUT2D eigenvalue weighted by atomic mass is 10.0. The molecule has 2 aromatic heterocycles. The molecule has 0 amide bonds. The number of Topliss-reactive ketones (excluding diaryl/α,β-unsaturated/α-hetero) is 1. The average Bonchev–Trinajstić information content (AvgIpc) is 3.40. The fourth-order valence-electron chi connectivity index (χ4n) is 4.57. The lowest BCUT2D eigenvalue weighted by Gasteiger charge is -2.26. The van der Waals surface area contributed by atoms with Gasteiger partial charge < -0.3 is 10.6 Å². The SMILES string of the molecule is NCc1ccc(-c2cn3c(n2)sc2cc(C(=O)CCCCN4CCCCC4)ccc23)cc1. The van der Waals surface area contributed by atoms with E-state index in [2.05, 4.69) is 33.7 Å². The maximum Gasteiger partial charge on any atom is 0.195 e. The van der Waals surface area contributed by atoms with Gasteiger partial charge in [0.2, 0.25) is 0 Å². The molecular weight excluding hydrogens is 416 g/mol. The quantitative estimate of drug-likeness (QED) is 0.286. The molecule has 1 aliphatic heterocycles. The third-order valence-corrected chi connectivity index (χ3v) is 7.50. The van der Waals surface area contributed by atoms with Crippen LogP contribution in [0.5, 0.6) is 0 Å². The largest absolute Gasteiger partial charge is 0.326 e. The Balaban J connectivity index is 1.25. The summed E-state index contributed by atoms with van der Waals surface area (Å²) in [5.74, 6) is 0.247. The van der Waals surface area contributed by atoms with Crippen molar-refractivity contribution in [2.75, 3.05) is 19.6 Å². The van der Waals surface area contributed by atoms with Crippen LogP contribution in [0.2, 0.25) is 0 Å². The number of nitrogens with two attached hydrogens (primary N) is 1. The van der Waals surface area contributed by atoms with Crippen LogP contribution in [0.3, 0.4) is 0 Å². The monoisotopic (exact) mass is 446 g/mol. The second kappa shape index (κ2) is 9.53. The fourth-order valence-corrected chi connectivity index (χ4v) is 5.62. The minimum absolute atomic E-state index is 0.247. The van der Waals surface area contributed by atoms with E-state index in [0.717, 1.165) is 56.9 Å². The smallest absolute Gasteiger partial charge is 0.195 e. The Hall–Kier alpha value is -2.54. The van der Waals surface area contributed by atoms with E-state index in [9.17, 15) is 4.79 Å². The highest BCUT2D eigenvalue weighted by Gasteiger charge is 2.14. The van der Waals surface area contributed by atoms with Crippen LogP contribution in [0.4, 0.5) is 0 Å². The second-order valence-electron chi connectivity index (χ2n) is 8.75. The molecule has 2 aromatic carbocycles. The molecule has 0 radical (unpaired) electrons. The third kappa shape index (κ3) is 4.49. The number of aromatic nitrogens is 2. The summed E-state index contributed by atoms with van der Waals surface area (Å²) in [7, 11) is 0. The maximum absolute atomic E-state index is 12.7. The Labute approximate surface area is 192 Å². The molecule has 3 heterocycles. The number of nitrogens with zero attached hydrogens (tertiary/aromatic N) is 3. The van der Waals surface area contributed by atoms with Gasteiger partial charge in [0, 0.05) is 30.3 Å². The first-order valence-corrected chi connectivity index (χ1v) is 12.5. The molecule has 0 saturated carbocycles. The molecular formula is C26H30N4OS. The van der Waals surface area contributed by atoms with Gasteiger partial charge in [0.1, 0.15) is 0 Å². The summed E-state index contributed by atoms with van der Waals surface area (Å²) in [6.45, 7) is 4.13. The van der Waals surface area contributed by atoms with Gasteiger partial charge in [-0.05, 0) is 69.1 Å². The summed E-state index contributed by atoms with van der Waals surface area (Å²) < 4.78 is 3.23. The van der Waals surface area contributed by atoms with Gasteiger partial charge in [-0.25, -0.2) is 4.98 Å². The number of piperidine rings is 1. The Kier molecular flexibility index (Phi) is 6.35. The van der Waals surface area contributed by atoms with E-state index in [-0.39, 0.29) is 5.78 Å². The minimum Gasteiger partial charge on any atom is -0.326 e. The van der Waals surface area contributed by atoms with Gasteiger partial charge >= 0.3 is 0 Å². The summed E-state index contributed by atoms with van der Waals surface area (Å²) in [6.07, 6.45) is 8.80. The number of imidazole rings is 1. The highest BCUT2D eigenvalue weighted by Crippen LogP contribution is 2.30. The number of fused-ring (bicyclic) bond motifs is 3. The third-order valence-electron chi connectivity index (χ3n) is 6.48.